The highest BCUT2D eigenvalue weighted by atomic mass is 32.2. The second-order valence-corrected chi connectivity index (χ2v) is 10.5. The summed E-state index contributed by atoms with van der Waals surface area (Å²) in [7, 11) is -3.47. The van der Waals surface area contributed by atoms with Gasteiger partial charge in [0.1, 0.15) is 0 Å². The number of sulfonamides is 1. The largest absolute Gasteiger partial charge is 0.271 e. The zero-order chi connectivity index (χ0) is 22.7. The van der Waals surface area contributed by atoms with Gasteiger partial charge in [-0.15, -0.1) is 0 Å². The van der Waals surface area contributed by atoms with E-state index in [9.17, 15) is 13.2 Å². The van der Waals surface area contributed by atoms with E-state index in [1.807, 2.05) is 53.7 Å². The first-order valence-corrected chi connectivity index (χ1v) is 11.6. The molecule has 0 atom stereocenters. The van der Waals surface area contributed by atoms with Gasteiger partial charge in [0.15, 0.2) is 0 Å². The lowest BCUT2D eigenvalue weighted by Gasteiger charge is -2.23. The van der Waals surface area contributed by atoms with Crippen molar-refractivity contribution in [3.63, 3.8) is 0 Å². The number of aryl methyl sites for hydroxylation is 2. The number of hydrazone groups is 1. The summed E-state index contributed by atoms with van der Waals surface area (Å²) in [4.78, 5) is 12.3. The number of amides is 1. The highest BCUT2D eigenvalue weighted by molar-refractivity contribution is 7.92. The van der Waals surface area contributed by atoms with E-state index in [1.54, 1.807) is 30.3 Å². The number of hydrogen-bond donors (Lipinski definition) is 1. The molecule has 30 heavy (non-hydrogen) atoms. The molecule has 0 aliphatic rings. The van der Waals surface area contributed by atoms with Gasteiger partial charge in [0.25, 0.3) is 5.91 Å². The molecule has 1 amide bonds. The minimum absolute atomic E-state index is 0.124. The SMILES string of the molecule is C/C(=N/NC(=O)c1ccc(CN(c2ccc(C)c(C)c2)S(C)(=O)=O)cc1)C(C)(C)C. The molecule has 6 nitrogen and oxygen atoms in total. The minimum atomic E-state index is -3.47. The van der Waals surface area contributed by atoms with Crippen LogP contribution in [0.3, 0.4) is 0 Å². The lowest BCUT2D eigenvalue weighted by molar-refractivity contribution is 0.0954. The summed E-state index contributed by atoms with van der Waals surface area (Å²) < 4.78 is 26.1. The first kappa shape index (κ1) is 23.6. The lowest BCUT2D eigenvalue weighted by Crippen LogP contribution is -2.29. The van der Waals surface area contributed by atoms with Crippen LogP contribution in [-0.4, -0.2) is 26.3 Å². The molecule has 1 N–H and O–H groups in total. The summed E-state index contributed by atoms with van der Waals surface area (Å²) in [6, 6.07) is 12.5. The summed E-state index contributed by atoms with van der Waals surface area (Å²) in [5.41, 5.74) is 7.26. The Bertz CT molecular complexity index is 1050. The maximum Gasteiger partial charge on any atom is 0.271 e. The van der Waals surface area contributed by atoms with Crippen molar-refractivity contribution in [2.75, 3.05) is 10.6 Å². The summed E-state index contributed by atoms with van der Waals surface area (Å²) >= 11 is 0. The molecule has 2 aromatic rings. The highest BCUT2D eigenvalue weighted by Crippen LogP contribution is 2.23. The standard InChI is InChI=1S/C23H31N3O3S/c1-16-8-13-21(14-17(16)2)26(30(7,28)29)15-19-9-11-20(12-10-19)22(27)25-24-18(3)23(4,5)6/h8-14H,15H2,1-7H3,(H,25,27)/b24-18-. The van der Waals surface area contributed by atoms with Gasteiger partial charge >= 0.3 is 0 Å². The number of rotatable bonds is 6. The maximum absolute atomic E-state index is 12.4. The van der Waals surface area contributed by atoms with Crippen LogP contribution in [-0.2, 0) is 16.6 Å². The van der Waals surface area contributed by atoms with Gasteiger partial charge < -0.3 is 0 Å². The third kappa shape index (κ3) is 6.16. The van der Waals surface area contributed by atoms with E-state index >= 15 is 0 Å². The van der Waals surface area contributed by atoms with Crippen molar-refractivity contribution in [1.82, 2.24) is 5.43 Å². The molecule has 0 aliphatic heterocycles. The molecular weight excluding hydrogens is 398 g/mol. The van der Waals surface area contributed by atoms with E-state index in [1.165, 1.54) is 10.6 Å². The van der Waals surface area contributed by atoms with Crippen LogP contribution in [0.25, 0.3) is 0 Å². The second kappa shape index (κ2) is 9.00. The third-order valence-corrected chi connectivity index (χ3v) is 6.27. The number of nitrogens with zero attached hydrogens (tertiary/aromatic N) is 2. The van der Waals surface area contributed by atoms with E-state index in [0.29, 0.717) is 11.3 Å². The van der Waals surface area contributed by atoms with Gasteiger partial charge in [0, 0.05) is 16.7 Å². The highest BCUT2D eigenvalue weighted by Gasteiger charge is 2.19. The van der Waals surface area contributed by atoms with Gasteiger partial charge in [-0.3, -0.25) is 9.10 Å². The average Bonchev–Trinajstić information content (AvgIpc) is 2.65. The van der Waals surface area contributed by atoms with Crippen LogP contribution >= 0.6 is 0 Å². The topological polar surface area (TPSA) is 78.8 Å². The molecule has 0 spiro atoms. The maximum atomic E-state index is 12.4. The number of hydrogen-bond acceptors (Lipinski definition) is 4. The van der Waals surface area contributed by atoms with Crippen molar-refractivity contribution in [1.29, 1.82) is 0 Å². The Morgan fingerprint density at radius 1 is 1.03 bits per heavy atom. The summed E-state index contributed by atoms with van der Waals surface area (Å²) in [5, 5.41) is 4.16. The summed E-state index contributed by atoms with van der Waals surface area (Å²) in [6.45, 7) is 12.1. The van der Waals surface area contributed by atoms with Crippen molar-refractivity contribution in [3.05, 3.63) is 64.7 Å². The Kier molecular flexibility index (Phi) is 7.08. The van der Waals surface area contributed by atoms with Gasteiger partial charge in [0.2, 0.25) is 10.0 Å². The van der Waals surface area contributed by atoms with E-state index < -0.39 is 10.0 Å². The van der Waals surface area contributed by atoms with Crippen molar-refractivity contribution in [3.8, 4) is 0 Å². The van der Waals surface area contributed by atoms with E-state index in [-0.39, 0.29) is 17.9 Å². The molecule has 2 rings (SSSR count). The molecule has 0 aliphatic carbocycles. The van der Waals surface area contributed by atoms with Gasteiger partial charge in [0.05, 0.1) is 18.5 Å². The molecule has 0 heterocycles. The smallest absolute Gasteiger partial charge is 0.267 e. The first-order valence-electron chi connectivity index (χ1n) is 9.78. The van der Waals surface area contributed by atoms with E-state index in [4.69, 9.17) is 0 Å². The zero-order valence-electron chi connectivity index (χ0n) is 18.8. The monoisotopic (exact) mass is 429 g/mol. The molecule has 0 saturated heterocycles. The first-order chi connectivity index (χ1) is 13.8. The lowest BCUT2D eigenvalue weighted by atomic mass is 9.91. The Morgan fingerprint density at radius 2 is 1.63 bits per heavy atom. The fraction of sp³-hybridized carbons (Fsp3) is 0.391. The molecule has 7 heteroatoms. The molecule has 2 aromatic carbocycles. The predicted molar refractivity (Wildman–Crippen MR) is 123 cm³/mol. The Hall–Kier alpha value is -2.67. The molecular formula is C23H31N3O3S. The Balaban J connectivity index is 2.20. The minimum Gasteiger partial charge on any atom is -0.267 e. The molecule has 0 aromatic heterocycles. The third-order valence-electron chi connectivity index (χ3n) is 5.13. The number of benzene rings is 2. The molecule has 162 valence electrons. The van der Waals surface area contributed by atoms with Crippen LogP contribution in [0.1, 0.15) is 54.7 Å². The van der Waals surface area contributed by atoms with Gasteiger partial charge in [-0.1, -0.05) is 39.0 Å². The average molecular weight is 430 g/mol. The van der Waals surface area contributed by atoms with Crippen LogP contribution in [0, 0.1) is 19.3 Å². The molecule has 0 radical (unpaired) electrons. The zero-order valence-corrected chi connectivity index (χ0v) is 19.6. The summed E-state index contributed by atoms with van der Waals surface area (Å²) in [5.74, 6) is -0.306. The van der Waals surface area contributed by atoms with Crippen LogP contribution < -0.4 is 9.73 Å². The van der Waals surface area contributed by atoms with Gasteiger partial charge in [-0.25, -0.2) is 13.8 Å². The second-order valence-electron chi connectivity index (χ2n) is 8.62. The number of nitrogens with one attached hydrogen (secondary N) is 1. The fourth-order valence-corrected chi connectivity index (χ4v) is 3.46. The Morgan fingerprint density at radius 3 is 2.13 bits per heavy atom. The van der Waals surface area contributed by atoms with Crippen LogP contribution in [0.2, 0.25) is 0 Å². The molecule has 0 fully saturated rings. The molecule has 0 unspecified atom stereocenters. The summed E-state index contributed by atoms with van der Waals surface area (Å²) in [6.07, 6.45) is 1.19. The van der Waals surface area contributed by atoms with Crippen molar-refractivity contribution < 1.29 is 13.2 Å². The molecule has 0 saturated carbocycles. The number of anilines is 1. The van der Waals surface area contributed by atoms with Crippen molar-refractivity contribution in [2.24, 2.45) is 10.5 Å². The van der Waals surface area contributed by atoms with Gasteiger partial charge in [-0.05, 0) is 61.7 Å². The fourth-order valence-electron chi connectivity index (χ4n) is 2.57. The molecule has 0 bridgehead atoms. The predicted octanol–water partition coefficient (Wildman–Crippen LogP) is 4.42. The van der Waals surface area contributed by atoms with Gasteiger partial charge in [-0.2, -0.15) is 5.10 Å². The van der Waals surface area contributed by atoms with Crippen LogP contribution in [0.15, 0.2) is 47.6 Å². The number of carbonyl (C=O) groups is 1. The van der Waals surface area contributed by atoms with Crippen molar-refractivity contribution >= 4 is 27.3 Å². The van der Waals surface area contributed by atoms with E-state index in [0.717, 1.165) is 22.4 Å². The quantitative estimate of drug-likeness (QED) is 0.545. The van der Waals surface area contributed by atoms with Crippen LogP contribution in [0.5, 0.6) is 0 Å². The number of carbonyl (C=O) groups excluding carboxylic acids is 1. The van der Waals surface area contributed by atoms with Crippen LogP contribution in [0.4, 0.5) is 5.69 Å². The Labute approximate surface area is 180 Å². The normalized spacial score (nSPS) is 12.6. The van der Waals surface area contributed by atoms with E-state index in [2.05, 4.69) is 10.5 Å². The van der Waals surface area contributed by atoms with Crippen molar-refractivity contribution in [2.45, 2.75) is 48.1 Å².